The third-order valence-corrected chi connectivity index (χ3v) is 1.91. The summed E-state index contributed by atoms with van der Waals surface area (Å²) in [6, 6.07) is 0. The Balaban J connectivity index is 3.51. The molecule has 6 nitrogen and oxygen atoms in total. The molecule has 0 aliphatic carbocycles. The lowest BCUT2D eigenvalue weighted by molar-refractivity contribution is 0.562. The smallest absolute Gasteiger partial charge is 0.259 e. The highest BCUT2D eigenvalue weighted by Crippen LogP contribution is 1.86. The summed E-state index contributed by atoms with van der Waals surface area (Å²) in [6.45, 7) is 8.88. The fraction of sp³-hybridized carbons (Fsp3) is 0.300. The van der Waals surface area contributed by atoms with Crippen LogP contribution in [-0.2, 0) is 13.1 Å². The van der Waals surface area contributed by atoms with Crippen LogP contribution in [-0.4, -0.2) is 14.1 Å². The van der Waals surface area contributed by atoms with E-state index in [0.29, 0.717) is 5.57 Å². The molecule has 0 saturated carbocycles. The lowest BCUT2D eigenvalue weighted by Crippen LogP contribution is -2.49. The number of aromatic amines is 1. The maximum absolute atomic E-state index is 11.8. The van der Waals surface area contributed by atoms with Gasteiger partial charge in [-0.1, -0.05) is 18.2 Å². The summed E-state index contributed by atoms with van der Waals surface area (Å²) < 4.78 is 1.82. The molecular formula is C10H13N3O3. The Bertz CT molecular complexity index is 589. The van der Waals surface area contributed by atoms with Gasteiger partial charge in [0.15, 0.2) is 0 Å². The van der Waals surface area contributed by atoms with Crippen LogP contribution in [0.2, 0.25) is 0 Å². The van der Waals surface area contributed by atoms with Crippen LogP contribution < -0.4 is 17.1 Å². The molecule has 0 radical (unpaired) electrons. The molecule has 86 valence electrons. The summed E-state index contributed by atoms with van der Waals surface area (Å²) in [5.41, 5.74) is -1.46. The van der Waals surface area contributed by atoms with Crippen molar-refractivity contribution in [3.63, 3.8) is 0 Å². The number of H-pyrrole nitrogens is 1. The van der Waals surface area contributed by atoms with Crippen molar-refractivity contribution in [2.75, 3.05) is 0 Å². The number of nitrogens with one attached hydrogen (secondary N) is 1. The minimum absolute atomic E-state index is 0.0602. The lowest BCUT2D eigenvalue weighted by atomic mass is 10.3. The fourth-order valence-corrected chi connectivity index (χ4v) is 1.25. The van der Waals surface area contributed by atoms with E-state index in [0.717, 1.165) is 9.13 Å². The lowest BCUT2D eigenvalue weighted by Gasteiger charge is -2.06. The van der Waals surface area contributed by atoms with Crippen molar-refractivity contribution in [3.8, 4) is 0 Å². The maximum atomic E-state index is 11.8. The van der Waals surface area contributed by atoms with E-state index in [-0.39, 0.29) is 13.1 Å². The number of rotatable bonds is 4. The van der Waals surface area contributed by atoms with Crippen molar-refractivity contribution in [1.82, 2.24) is 14.1 Å². The summed E-state index contributed by atoms with van der Waals surface area (Å²) in [6.07, 6.45) is 1.41. The van der Waals surface area contributed by atoms with E-state index in [1.165, 1.54) is 6.08 Å². The van der Waals surface area contributed by atoms with Gasteiger partial charge in [0, 0.05) is 0 Å². The van der Waals surface area contributed by atoms with E-state index in [2.05, 4.69) is 18.1 Å². The molecular weight excluding hydrogens is 210 g/mol. The minimum Gasteiger partial charge on any atom is -0.259 e. The molecule has 0 amide bonds. The van der Waals surface area contributed by atoms with Gasteiger partial charge in [-0.25, -0.2) is 23.5 Å². The molecule has 0 fully saturated rings. The number of aromatic nitrogens is 3. The molecule has 6 heteroatoms. The van der Waals surface area contributed by atoms with Crippen LogP contribution in [0.1, 0.15) is 6.92 Å². The van der Waals surface area contributed by atoms with Crippen LogP contribution in [0.25, 0.3) is 0 Å². The molecule has 0 unspecified atom stereocenters. The standard InChI is InChI=1S/C10H13N3O3/c1-4-5-12-8(14)11-9(15)13(10(12)16)6-7(2)3/h4H,1-2,5-6H2,3H3,(H,11,14,15). The summed E-state index contributed by atoms with van der Waals surface area (Å²) in [4.78, 5) is 36.5. The van der Waals surface area contributed by atoms with Gasteiger partial charge in [-0.05, 0) is 6.92 Å². The van der Waals surface area contributed by atoms with Gasteiger partial charge in [0.05, 0.1) is 13.1 Å². The molecule has 0 bridgehead atoms. The molecule has 1 N–H and O–H groups in total. The first-order valence-corrected chi connectivity index (χ1v) is 4.66. The third-order valence-electron chi connectivity index (χ3n) is 1.91. The van der Waals surface area contributed by atoms with E-state index in [1.807, 2.05) is 0 Å². The fourth-order valence-electron chi connectivity index (χ4n) is 1.25. The van der Waals surface area contributed by atoms with E-state index in [4.69, 9.17) is 0 Å². The highest BCUT2D eigenvalue weighted by Gasteiger charge is 2.07. The SMILES string of the molecule is C=CCn1c(=O)[nH]c(=O)n(CC(=C)C)c1=O. The van der Waals surface area contributed by atoms with Crippen LogP contribution in [0.3, 0.4) is 0 Å². The number of hydrogen-bond acceptors (Lipinski definition) is 3. The Kier molecular flexibility index (Phi) is 3.44. The minimum atomic E-state index is -0.729. The van der Waals surface area contributed by atoms with Gasteiger partial charge < -0.3 is 0 Å². The zero-order chi connectivity index (χ0) is 12.3. The molecule has 0 aromatic carbocycles. The second-order valence-electron chi connectivity index (χ2n) is 3.46. The Hall–Kier alpha value is -2.11. The second kappa shape index (κ2) is 4.61. The largest absolute Gasteiger partial charge is 0.336 e. The Morgan fingerprint density at radius 1 is 1.31 bits per heavy atom. The quantitative estimate of drug-likeness (QED) is 0.696. The van der Waals surface area contributed by atoms with Gasteiger partial charge in [0.2, 0.25) is 0 Å². The second-order valence-corrected chi connectivity index (χ2v) is 3.46. The summed E-state index contributed by atoms with van der Waals surface area (Å²) in [5.74, 6) is 0. The van der Waals surface area contributed by atoms with Gasteiger partial charge in [-0.15, -0.1) is 6.58 Å². The van der Waals surface area contributed by atoms with Crippen molar-refractivity contribution in [1.29, 1.82) is 0 Å². The average molecular weight is 223 g/mol. The number of nitrogens with zero attached hydrogens (tertiary/aromatic N) is 2. The first kappa shape index (κ1) is 12.0. The van der Waals surface area contributed by atoms with Crippen molar-refractivity contribution in [2.45, 2.75) is 20.0 Å². The van der Waals surface area contributed by atoms with E-state index in [1.54, 1.807) is 6.92 Å². The molecule has 1 heterocycles. The molecule has 0 atom stereocenters. The molecule has 0 saturated heterocycles. The third kappa shape index (κ3) is 2.28. The molecule has 0 aliphatic heterocycles. The molecule has 1 rings (SSSR count). The van der Waals surface area contributed by atoms with Crippen LogP contribution >= 0.6 is 0 Å². The van der Waals surface area contributed by atoms with E-state index >= 15 is 0 Å². The van der Waals surface area contributed by atoms with Crippen LogP contribution in [0.5, 0.6) is 0 Å². The van der Waals surface area contributed by atoms with Gasteiger partial charge in [-0.3, -0.25) is 4.98 Å². The summed E-state index contributed by atoms with van der Waals surface area (Å²) >= 11 is 0. The maximum Gasteiger partial charge on any atom is 0.336 e. The Morgan fingerprint density at radius 3 is 2.38 bits per heavy atom. The van der Waals surface area contributed by atoms with Gasteiger partial charge in [0.1, 0.15) is 0 Å². The molecule has 1 aromatic heterocycles. The van der Waals surface area contributed by atoms with Crippen molar-refractivity contribution in [2.24, 2.45) is 0 Å². The zero-order valence-corrected chi connectivity index (χ0v) is 9.02. The van der Waals surface area contributed by atoms with Gasteiger partial charge >= 0.3 is 17.1 Å². The molecule has 1 aromatic rings. The van der Waals surface area contributed by atoms with Crippen LogP contribution in [0.4, 0.5) is 0 Å². The van der Waals surface area contributed by atoms with E-state index < -0.39 is 17.1 Å². The monoisotopic (exact) mass is 223 g/mol. The predicted octanol–water partition coefficient (Wildman–Crippen LogP) is -0.540. The zero-order valence-electron chi connectivity index (χ0n) is 9.02. The first-order chi connectivity index (χ1) is 7.47. The molecule has 0 aliphatic rings. The highest BCUT2D eigenvalue weighted by molar-refractivity contribution is 4.90. The van der Waals surface area contributed by atoms with Crippen molar-refractivity contribution >= 4 is 0 Å². The van der Waals surface area contributed by atoms with Gasteiger partial charge in [-0.2, -0.15) is 0 Å². The van der Waals surface area contributed by atoms with E-state index in [9.17, 15) is 14.4 Å². The van der Waals surface area contributed by atoms with Crippen LogP contribution in [0.15, 0.2) is 39.2 Å². The number of hydrogen-bond donors (Lipinski definition) is 1. The van der Waals surface area contributed by atoms with Gasteiger partial charge in [0.25, 0.3) is 0 Å². The number of allylic oxidation sites excluding steroid dienone is 2. The summed E-state index contributed by atoms with van der Waals surface area (Å²) in [5, 5.41) is 0. The summed E-state index contributed by atoms with van der Waals surface area (Å²) in [7, 11) is 0. The predicted molar refractivity (Wildman–Crippen MR) is 60.6 cm³/mol. The Labute approximate surface area is 91.2 Å². The van der Waals surface area contributed by atoms with Crippen molar-refractivity contribution < 1.29 is 0 Å². The van der Waals surface area contributed by atoms with Crippen LogP contribution in [0, 0.1) is 0 Å². The topological polar surface area (TPSA) is 76.9 Å². The normalized spacial score (nSPS) is 10.1. The molecule has 0 spiro atoms. The molecule has 16 heavy (non-hydrogen) atoms. The highest BCUT2D eigenvalue weighted by atomic mass is 16.2. The Morgan fingerprint density at radius 2 is 1.88 bits per heavy atom. The average Bonchev–Trinajstić information content (AvgIpc) is 2.19. The first-order valence-electron chi connectivity index (χ1n) is 4.66. The van der Waals surface area contributed by atoms with Crippen molar-refractivity contribution in [3.05, 3.63) is 56.3 Å².